The van der Waals surface area contributed by atoms with Crippen LogP contribution in [0.4, 0.5) is 15.5 Å². The molecule has 3 aromatic rings. The first-order valence-corrected chi connectivity index (χ1v) is 16.0. The molecule has 1 aromatic heterocycles. The second-order valence-corrected chi connectivity index (χ2v) is 13.8. The molecule has 3 rings (SSSR count). The van der Waals surface area contributed by atoms with Crippen LogP contribution in [0.3, 0.4) is 0 Å². The number of aromatic nitrogens is 1. The SMILES string of the molecule is COc1ccc(CN(c2scnc2C(=O)OCC(C)C)S(=O)(=O)c2ccc(NC(=O)CNC(=O)OC(C)(C)C)c(C#N)c2)cc1. The molecule has 0 spiro atoms. The Kier molecular flexibility index (Phi) is 11.5. The van der Waals surface area contributed by atoms with Gasteiger partial charge in [-0.3, -0.25) is 9.10 Å². The quantitative estimate of drug-likeness (QED) is 0.260. The van der Waals surface area contributed by atoms with E-state index in [1.807, 2.05) is 19.9 Å². The molecule has 0 aliphatic rings. The Bertz CT molecular complexity index is 1670. The van der Waals surface area contributed by atoms with Gasteiger partial charge in [-0.1, -0.05) is 26.0 Å². The summed E-state index contributed by atoms with van der Waals surface area (Å²) >= 11 is 0.945. The van der Waals surface area contributed by atoms with E-state index in [0.29, 0.717) is 11.3 Å². The van der Waals surface area contributed by atoms with Gasteiger partial charge in [0.2, 0.25) is 5.91 Å². The number of thiazole rings is 1. The maximum atomic E-state index is 14.2. The molecule has 0 radical (unpaired) electrons. The van der Waals surface area contributed by atoms with E-state index in [0.717, 1.165) is 21.7 Å². The van der Waals surface area contributed by atoms with Gasteiger partial charge in [0.25, 0.3) is 10.0 Å². The van der Waals surface area contributed by atoms with Crippen molar-refractivity contribution in [3.05, 3.63) is 64.8 Å². The Hall–Kier alpha value is -4.68. The van der Waals surface area contributed by atoms with Gasteiger partial charge in [0.1, 0.15) is 29.0 Å². The van der Waals surface area contributed by atoms with E-state index in [1.165, 1.54) is 24.8 Å². The molecule has 2 amide bonds. The molecule has 0 fully saturated rings. The van der Waals surface area contributed by atoms with Crippen LogP contribution in [0.25, 0.3) is 0 Å². The highest BCUT2D eigenvalue weighted by Crippen LogP contribution is 2.34. The summed E-state index contributed by atoms with van der Waals surface area (Å²) in [5.74, 6) is -0.817. The molecule has 45 heavy (non-hydrogen) atoms. The van der Waals surface area contributed by atoms with Crippen molar-refractivity contribution < 1.29 is 37.0 Å². The van der Waals surface area contributed by atoms with E-state index >= 15 is 0 Å². The number of sulfonamides is 1. The normalized spacial score (nSPS) is 11.3. The average molecular weight is 658 g/mol. The molecule has 240 valence electrons. The number of methoxy groups -OCH3 is 1. The van der Waals surface area contributed by atoms with Gasteiger partial charge in [0.15, 0.2) is 5.69 Å². The topological polar surface area (TPSA) is 177 Å². The molecule has 0 saturated carbocycles. The van der Waals surface area contributed by atoms with Crippen molar-refractivity contribution in [2.24, 2.45) is 5.92 Å². The largest absolute Gasteiger partial charge is 0.497 e. The maximum Gasteiger partial charge on any atom is 0.408 e. The molecular formula is C30H35N5O8S2. The van der Waals surface area contributed by atoms with Gasteiger partial charge in [0, 0.05) is 0 Å². The Morgan fingerprint density at radius 2 is 1.80 bits per heavy atom. The minimum Gasteiger partial charge on any atom is -0.497 e. The minimum absolute atomic E-state index is 0.0312. The first-order valence-electron chi connectivity index (χ1n) is 13.7. The Morgan fingerprint density at radius 3 is 2.40 bits per heavy atom. The fraction of sp³-hybridized carbons (Fsp3) is 0.367. The standard InChI is InChI=1S/C30H35N5O8S2/c1-19(2)17-42-28(37)26-27(44-18-33-26)35(16-20-7-9-22(41-6)10-8-20)45(39,40)23-11-12-24(21(13-23)14-31)34-25(36)15-32-29(38)43-30(3,4)5/h7-13,18-19H,15-17H2,1-6H3,(H,32,38)(H,34,36). The van der Waals surface area contributed by atoms with Crippen LogP contribution < -0.4 is 19.7 Å². The zero-order valence-corrected chi connectivity index (χ0v) is 27.4. The van der Waals surface area contributed by atoms with Crippen LogP contribution in [0, 0.1) is 17.2 Å². The predicted molar refractivity (Wildman–Crippen MR) is 168 cm³/mol. The summed E-state index contributed by atoms with van der Waals surface area (Å²) in [6.45, 7) is 8.24. The molecule has 2 aromatic carbocycles. The number of amides is 2. The summed E-state index contributed by atoms with van der Waals surface area (Å²) in [7, 11) is -2.91. The van der Waals surface area contributed by atoms with Gasteiger partial charge < -0.3 is 24.8 Å². The van der Waals surface area contributed by atoms with E-state index in [2.05, 4.69) is 15.6 Å². The van der Waals surface area contributed by atoms with E-state index in [9.17, 15) is 28.1 Å². The Morgan fingerprint density at radius 1 is 1.11 bits per heavy atom. The Balaban J connectivity index is 1.95. The number of rotatable bonds is 12. The lowest BCUT2D eigenvalue weighted by atomic mass is 10.2. The number of carbonyl (C=O) groups excluding carboxylic acids is 3. The van der Waals surface area contributed by atoms with Crippen LogP contribution in [-0.2, 0) is 30.8 Å². The van der Waals surface area contributed by atoms with E-state index < -0.39 is 40.1 Å². The van der Waals surface area contributed by atoms with Gasteiger partial charge in [-0.2, -0.15) is 5.26 Å². The monoisotopic (exact) mass is 657 g/mol. The number of esters is 1. The van der Waals surface area contributed by atoms with Gasteiger partial charge in [-0.15, -0.1) is 11.3 Å². The van der Waals surface area contributed by atoms with Crippen molar-refractivity contribution in [1.82, 2.24) is 10.3 Å². The number of ether oxygens (including phenoxy) is 3. The lowest BCUT2D eigenvalue weighted by molar-refractivity contribution is -0.115. The fourth-order valence-electron chi connectivity index (χ4n) is 3.70. The number of nitriles is 1. The number of nitrogens with one attached hydrogen (secondary N) is 2. The summed E-state index contributed by atoms with van der Waals surface area (Å²) < 4.78 is 45.0. The molecular weight excluding hydrogens is 622 g/mol. The molecule has 0 atom stereocenters. The van der Waals surface area contributed by atoms with Gasteiger partial charge in [-0.25, -0.2) is 23.0 Å². The third-order valence-electron chi connectivity index (χ3n) is 5.77. The van der Waals surface area contributed by atoms with Crippen molar-refractivity contribution in [2.45, 2.75) is 51.7 Å². The third kappa shape index (κ3) is 9.65. The highest BCUT2D eigenvalue weighted by atomic mass is 32.2. The summed E-state index contributed by atoms with van der Waals surface area (Å²) in [5.41, 5.74) is 0.890. The van der Waals surface area contributed by atoms with Crippen molar-refractivity contribution in [3.8, 4) is 11.8 Å². The zero-order chi connectivity index (χ0) is 33.4. The van der Waals surface area contributed by atoms with Crippen LogP contribution in [0.5, 0.6) is 5.75 Å². The second-order valence-electron chi connectivity index (χ2n) is 11.1. The molecule has 0 aliphatic carbocycles. The lowest BCUT2D eigenvalue weighted by Gasteiger charge is -2.24. The van der Waals surface area contributed by atoms with Crippen LogP contribution in [-0.4, -0.2) is 57.2 Å². The highest BCUT2D eigenvalue weighted by Gasteiger charge is 2.32. The highest BCUT2D eigenvalue weighted by molar-refractivity contribution is 7.93. The van der Waals surface area contributed by atoms with Crippen LogP contribution in [0.15, 0.2) is 52.9 Å². The summed E-state index contributed by atoms with van der Waals surface area (Å²) in [4.78, 5) is 41.1. The Labute approximate surface area is 266 Å². The molecule has 0 aliphatic heterocycles. The summed E-state index contributed by atoms with van der Waals surface area (Å²) in [6.07, 6.45) is -0.799. The third-order valence-corrected chi connectivity index (χ3v) is 8.47. The molecule has 0 saturated heterocycles. The van der Waals surface area contributed by atoms with Crippen LogP contribution in [0.2, 0.25) is 0 Å². The summed E-state index contributed by atoms with van der Waals surface area (Å²) in [5, 5.41) is 14.7. The molecule has 15 heteroatoms. The number of nitrogens with zero attached hydrogens (tertiary/aromatic N) is 3. The minimum atomic E-state index is -4.41. The number of anilines is 2. The first kappa shape index (κ1) is 34.8. The van der Waals surface area contributed by atoms with E-state index in [4.69, 9.17) is 14.2 Å². The lowest BCUT2D eigenvalue weighted by Crippen LogP contribution is -2.37. The van der Waals surface area contributed by atoms with Gasteiger partial charge in [-0.05, 0) is 62.6 Å². The smallest absolute Gasteiger partial charge is 0.408 e. The number of carbonyl (C=O) groups is 3. The molecule has 1 heterocycles. The van der Waals surface area contributed by atoms with Crippen LogP contribution in [0.1, 0.15) is 56.2 Å². The first-order chi connectivity index (χ1) is 21.1. The molecule has 2 N–H and O–H groups in total. The van der Waals surface area contributed by atoms with E-state index in [1.54, 1.807) is 45.0 Å². The molecule has 0 unspecified atom stereocenters. The number of hydrogen-bond acceptors (Lipinski definition) is 11. The number of alkyl carbamates (subject to hydrolysis) is 1. The number of hydrogen-bond donors (Lipinski definition) is 2. The molecule has 0 bridgehead atoms. The van der Waals surface area contributed by atoms with Crippen molar-refractivity contribution >= 4 is 50.0 Å². The van der Waals surface area contributed by atoms with Gasteiger partial charge in [0.05, 0.1) is 41.9 Å². The number of benzene rings is 2. The van der Waals surface area contributed by atoms with E-state index in [-0.39, 0.29) is 45.9 Å². The fourth-order valence-corrected chi connectivity index (χ4v) is 6.20. The summed E-state index contributed by atoms with van der Waals surface area (Å²) in [6, 6.07) is 12.2. The van der Waals surface area contributed by atoms with Crippen molar-refractivity contribution in [3.63, 3.8) is 0 Å². The average Bonchev–Trinajstić information content (AvgIpc) is 3.46. The second kappa shape index (κ2) is 14.9. The van der Waals surface area contributed by atoms with Crippen molar-refractivity contribution in [1.29, 1.82) is 5.26 Å². The van der Waals surface area contributed by atoms with Gasteiger partial charge >= 0.3 is 12.1 Å². The molecule has 13 nitrogen and oxygen atoms in total. The van der Waals surface area contributed by atoms with Crippen molar-refractivity contribution in [2.75, 3.05) is 29.9 Å². The zero-order valence-electron chi connectivity index (χ0n) is 25.7. The van der Waals surface area contributed by atoms with Crippen LogP contribution >= 0.6 is 11.3 Å². The predicted octanol–water partition coefficient (Wildman–Crippen LogP) is 4.69. The maximum absolute atomic E-state index is 14.2.